The standard InChI is InChI=1S/C15H18O3/c16-9-4-3-6-14-5-1-2-7-15(14)18-12-13-8-10-17-11-13/h1-2,5,7,13,16H,4,8-12H2. The fourth-order valence-corrected chi connectivity index (χ4v) is 1.83. The van der Waals surface area contributed by atoms with Gasteiger partial charge in [0, 0.05) is 18.9 Å². The van der Waals surface area contributed by atoms with Crippen LogP contribution in [-0.2, 0) is 4.74 Å². The second-order valence-electron chi connectivity index (χ2n) is 4.31. The van der Waals surface area contributed by atoms with E-state index in [0.29, 0.717) is 18.9 Å². The summed E-state index contributed by atoms with van der Waals surface area (Å²) < 4.78 is 11.1. The molecule has 0 radical (unpaired) electrons. The third kappa shape index (κ3) is 3.76. The molecule has 0 bridgehead atoms. The molecular formula is C15H18O3. The second-order valence-corrected chi connectivity index (χ2v) is 4.31. The number of aliphatic hydroxyl groups is 1. The first-order chi connectivity index (χ1) is 8.90. The lowest BCUT2D eigenvalue weighted by Gasteiger charge is -2.11. The molecule has 1 aliphatic rings. The van der Waals surface area contributed by atoms with Crippen molar-refractivity contribution in [1.82, 2.24) is 0 Å². The van der Waals surface area contributed by atoms with Gasteiger partial charge < -0.3 is 14.6 Å². The fourth-order valence-electron chi connectivity index (χ4n) is 1.83. The van der Waals surface area contributed by atoms with Gasteiger partial charge in [0.2, 0.25) is 0 Å². The lowest BCUT2D eigenvalue weighted by atomic mass is 10.1. The summed E-state index contributed by atoms with van der Waals surface area (Å²) in [5, 5.41) is 8.71. The van der Waals surface area contributed by atoms with Crippen molar-refractivity contribution >= 4 is 0 Å². The normalized spacial score (nSPS) is 18.2. The molecule has 0 saturated carbocycles. The second kappa shape index (κ2) is 7.05. The molecule has 2 rings (SSSR count). The maximum absolute atomic E-state index is 8.71. The lowest BCUT2D eigenvalue weighted by Crippen LogP contribution is -2.12. The Hall–Kier alpha value is -1.50. The van der Waals surface area contributed by atoms with E-state index in [-0.39, 0.29) is 6.61 Å². The molecule has 1 saturated heterocycles. The Labute approximate surface area is 108 Å². The minimum Gasteiger partial charge on any atom is -0.492 e. The molecular weight excluding hydrogens is 228 g/mol. The molecule has 0 aliphatic carbocycles. The van der Waals surface area contributed by atoms with Crippen LogP contribution in [0.3, 0.4) is 0 Å². The predicted octanol–water partition coefficient (Wildman–Crippen LogP) is 1.84. The van der Waals surface area contributed by atoms with E-state index in [0.717, 1.165) is 30.9 Å². The number of hydrogen-bond acceptors (Lipinski definition) is 3. The maximum atomic E-state index is 8.71. The molecule has 3 nitrogen and oxygen atoms in total. The van der Waals surface area contributed by atoms with Gasteiger partial charge in [-0.25, -0.2) is 0 Å². The smallest absolute Gasteiger partial charge is 0.134 e. The number of aliphatic hydroxyl groups excluding tert-OH is 1. The van der Waals surface area contributed by atoms with Crippen molar-refractivity contribution in [1.29, 1.82) is 0 Å². The lowest BCUT2D eigenvalue weighted by molar-refractivity contribution is 0.167. The van der Waals surface area contributed by atoms with Gasteiger partial charge in [0.05, 0.1) is 25.4 Å². The van der Waals surface area contributed by atoms with E-state index in [2.05, 4.69) is 11.8 Å². The van der Waals surface area contributed by atoms with Crippen LogP contribution in [0.2, 0.25) is 0 Å². The summed E-state index contributed by atoms with van der Waals surface area (Å²) in [5.41, 5.74) is 0.880. The van der Waals surface area contributed by atoms with Crippen LogP contribution in [-0.4, -0.2) is 31.5 Å². The van der Waals surface area contributed by atoms with Crippen molar-refractivity contribution in [3.63, 3.8) is 0 Å². The van der Waals surface area contributed by atoms with Crippen molar-refractivity contribution in [2.24, 2.45) is 5.92 Å². The van der Waals surface area contributed by atoms with Crippen molar-refractivity contribution in [2.45, 2.75) is 12.8 Å². The van der Waals surface area contributed by atoms with Gasteiger partial charge >= 0.3 is 0 Å². The van der Waals surface area contributed by atoms with Gasteiger partial charge in [0.25, 0.3) is 0 Å². The highest BCUT2D eigenvalue weighted by Gasteiger charge is 2.16. The van der Waals surface area contributed by atoms with E-state index in [9.17, 15) is 0 Å². The summed E-state index contributed by atoms with van der Waals surface area (Å²) in [4.78, 5) is 0. The van der Waals surface area contributed by atoms with E-state index in [1.807, 2.05) is 24.3 Å². The molecule has 1 aliphatic heterocycles. The molecule has 18 heavy (non-hydrogen) atoms. The van der Waals surface area contributed by atoms with Crippen LogP contribution >= 0.6 is 0 Å². The number of benzene rings is 1. The Morgan fingerprint density at radius 2 is 2.28 bits per heavy atom. The fraction of sp³-hybridized carbons (Fsp3) is 0.467. The quantitative estimate of drug-likeness (QED) is 0.824. The van der Waals surface area contributed by atoms with Crippen LogP contribution in [0.25, 0.3) is 0 Å². The molecule has 1 unspecified atom stereocenters. The zero-order valence-corrected chi connectivity index (χ0v) is 10.4. The first kappa shape index (κ1) is 12.9. The Bertz CT molecular complexity index is 425. The summed E-state index contributed by atoms with van der Waals surface area (Å²) in [6, 6.07) is 7.75. The van der Waals surface area contributed by atoms with Crippen molar-refractivity contribution in [3.8, 4) is 17.6 Å². The first-order valence-electron chi connectivity index (χ1n) is 6.29. The van der Waals surface area contributed by atoms with Crippen LogP contribution in [0, 0.1) is 17.8 Å². The minimum atomic E-state index is 0.0927. The highest BCUT2D eigenvalue weighted by Crippen LogP contribution is 2.20. The molecule has 1 aromatic carbocycles. The molecule has 0 amide bonds. The van der Waals surface area contributed by atoms with Gasteiger partial charge in [-0.2, -0.15) is 0 Å². The van der Waals surface area contributed by atoms with Crippen LogP contribution < -0.4 is 4.74 Å². The monoisotopic (exact) mass is 246 g/mol. The van der Waals surface area contributed by atoms with E-state index in [1.165, 1.54) is 0 Å². The number of ether oxygens (including phenoxy) is 2. The number of para-hydroxylation sites is 1. The summed E-state index contributed by atoms with van der Waals surface area (Å²) in [7, 11) is 0. The minimum absolute atomic E-state index is 0.0927. The van der Waals surface area contributed by atoms with E-state index >= 15 is 0 Å². The summed E-state index contributed by atoms with van der Waals surface area (Å²) in [6.07, 6.45) is 1.56. The highest BCUT2D eigenvalue weighted by atomic mass is 16.5. The van der Waals surface area contributed by atoms with Gasteiger partial charge in [-0.3, -0.25) is 0 Å². The molecule has 1 atom stereocenters. The Kier molecular flexibility index (Phi) is 5.07. The SMILES string of the molecule is OCCC#Cc1ccccc1OCC1CCOC1. The van der Waals surface area contributed by atoms with Gasteiger partial charge in [-0.05, 0) is 18.6 Å². The summed E-state index contributed by atoms with van der Waals surface area (Å²) in [6.45, 7) is 2.40. The average molecular weight is 246 g/mol. The van der Waals surface area contributed by atoms with Crippen LogP contribution in [0.4, 0.5) is 0 Å². The molecule has 96 valence electrons. The van der Waals surface area contributed by atoms with Crippen molar-refractivity contribution in [3.05, 3.63) is 29.8 Å². The predicted molar refractivity (Wildman–Crippen MR) is 69.4 cm³/mol. The largest absolute Gasteiger partial charge is 0.492 e. The Morgan fingerprint density at radius 1 is 1.39 bits per heavy atom. The Balaban J connectivity index is 1.96. The summed E-state index contributed by atoms with van der Waals surface area (Å²) in [5.74, 6) is 7.24. The maximum Gasteiger partial charge on any atom is 0.134 e. The van der Waals surface area contributed by atoms with Gasteiger partial charge in [-0.1, -0.05) is 24.0 Å². The van der Waals surface area contributed by atoms with E-state index in [1.54, 1.807) is 0 Å². The van der Waals surface area contributed by atoms with Crippen molar-refractivity contribution in [2.75, 3.05) is 26.4 Å². The average Bonchev–Trinajstić information content (AvgIpc) is 2.91. The third-order valence-corrected chi connectivity index (χ3v) is 2.85. The zero-order valence-electron chi connectivity index (χ0n) is 10.4. The zero-order chi connectivity index (χ0) is 12.6. The Morgan fingerprint density at radius 3 is 3.06 bits per heavy atom. The van der Waals surface area contributed by atoms with Gasteiger partial charge in [-0.15, -0.1) is 0 Å². The molecule has 1 fully saturated rings. The topological polar surface area (TPSA) is 38.7 Å². The van der Waals surface area contributed by atoms with Crippen molar-refractivity contribution < 1.29 is 14.6 Å². The summed E-state index contributed by atoms with van der Waals surface area (Å²) >= 11 is 0. The molecule has 1 heterocycles. The van der Waals surface area contributed by atoms with E-state index < -0.39 is 0 Å². The molecule has 3 heteroatoms. The molecule has 1 aromatic rings. The van der Waals surface area contributed by atoms with Gasteiger partial charge in [0.15, 0.2) is 0 Å². The van der Waals surface area contributed by atoms with Crippen LogP contribution in [0.15, 0.2) is 24.3 Å². The molecule has 0 aromatic heterocycles. The number of rotatable bonds is 4. The number of hydrogen-bond donors (Lipinski definition) is 1. The third-order valence-electron chi connectivity index (χ3n) is 2.85. The van der Waals surface area contributed by atoms with Crippen LogP contribution in [0.5, 0.6) is 5.75 Å². The van der Waals surface area contributed by atoms with Gasteiger partial charge in [0.1, 0.15) is 5.75 Å². The molecule has 1 N–H and O–H groups in total. The van der Waals surface area contributed by atoms with Crippen LogP contribution in [0.1, 0.15) is 18.4 Å². The highest BCUT2D eigenvalue weighted by molar-refractivity contribution is 5.45. The van der Waals surface area contributed by atoms with E-state index in [4.69, 9.17) is 14.6 Å². The first-order valence-corrected chi connectivity index (χ1v) is 6.29. The molecule has 0 spiro atoms.